The van der Waals surface area contributed by atoms with E-state index in [1.54, 1.807) is 12.3 Å². The molecule has 2 aromatic rings. The topological polar surface area (TPSA) is 86.5 Å². The summed E-state index contributed by atoms with van der Waals surface area (Å²) in [4.78, 5) is 29.2. The van der Waals surface area contributed by atoms with Crippen molar-refractivity contribution in [2.75, 3.05) is 38.2 Å². The summed E-state index contributed by atoms with van der Waals surface area (Å²) in [7, 11) is 0. The second-order valence-electron chi connectivity index (χ2n) is 6.37. The van der Waals surface area contributed by atoms with Gasteiger partial charge in [0.25, 0.3) is 5.91 Å². The molecule has 0 radical (unpaired) electrons. The Morgan fingerprint density at radius 1 is 1.22 bits per heavy atom. The number of carbonyl (C=O) groups is 2. The molecular weight excluding hydrogens is 368 g/mol. The predicted molar refractivity (Wildman–Crippen MR) is 104 cm³/mol. The van der Waals surface area contributed by atoms with Crippen LogP contribution in [-0.4, -0.2) is 54.5 Å². The van der Waals surface area contributed by atoms with E-state index in [9.17, 15) is 9.59 Å². The highest BCUT2D eigenvalue weighted by atomic mass is 35.5. The summed E-state index contributed by atoms with van der Waals surface area (Å²) < 4.78 is 5.30. The van der Waals surface area contributed by atoms with Gasteiger partial charge in [-0.15, -0.1) is 0 Å². The van der Waals surface area contributed by atoms with Gasteiger partial charge in [0.1, 0.15) is 5.69 Å². The maximum absolute atomic E-state index is 12.2. The van der Waals surface area contributed by atoms with Crippen LogP contribution in [0.3, 0.4) is 0 Å². The number of nitrogens with zero attached hydrogens (tertiary/aromatic N) is 1. The molecule has 1 fully saturated rings. The lowest BCUT2D eigenvalue weighted by Gasteiger charge is -2.26. The van der Waals surface area contributed by atoms with E-state index < -0.39 is 0 Å². The Morgan fingerprint density at radius 2 is 2.04 bits per heavy atom. The minimum atomic E-state index is -0.234. The van der Waals surface area contributed by atoms with Crippen LogP contribution in [0.15, 0.2) is 36.5 Å². The second-order valence-corrected chi connectivity index (χ2v) is 6.80. The summed E-state index contributed by atoms with van der Waals surface area (Å²) in [5, 5.41) is 6.22. The zero-order chi connectivity index (χ0) is 19.1. The smallest absolute Gasteiger partial charge is 0.268 e. The summed E-state index contributed by atoms with van der Waals surface area (Å²) >= 11 is 5.81. The van der Waals surface area contributed by atoms with Crippen molar-refractivity contribution < 1.29 is 14.3 Å². The van der Waals surface area contributed by atoms with E-state index in [1.165, 1.54) is 0 Å². The molecule has 8 heteroatoms. The fourth-order valence-corrected chi connectivity index (χ4v) is 3.01. The normalized spacial score (nSPS) is 14.7. The lowest BCUT2D eigenvalue weighted by molar-refractivity contribution is -0.116. The monoisotopic (exact) mass is 390 g/mol. The number of H-pyrrole nitrogens is 1. The summed E-state index contributed by atoms with van der Waals surface area (Å²) in [5.41, 5.74) is 2.02. The Hall–Kier alpha value is -2.35. The van der Waals surface area contributed by atoms with Gasteiger partial charge >= 0.3 is 0 Å². The molecule has 0 atom stereocenters. The first-order valence-corrected chi connectivity index (χ1v) is 9.29. The minimum Gasteiger partial charge on any atom is -0.379 e. The third-order valence-corrected chi connectivity index (χ3v) is 4.53. The number of hydrogen-bond donors (Lipinski definition) is 3. The van der Waals surface area contributed by atoms with Gasteiger partial charge in [-0.2, -0.15) is 0 Å². The standard InChI is InChI=1S/C19H23ClN4O3/c20-15-11-17(21-13-15)19(26)22-12-14-2-1-3-16(10-14)23-18(25)4-5-24-6-8-27-9-7-24/h1-3,10-11,13,21H,4-9,12H2,(H,22,26)(H,23,25). The number of aromatic nitrogens is 1. The molecule has 1 aliphatic rings. The molecule has 1 aliphatic heterocycles. The average molecular weight is 391 g/mol. The molecule has 7 nitrogen and oxygen atoms in total. The summed E-state index contributed by atoms with van der Waals surface area (Å²) in [6, 6.07) is 9.01. The van der Waals surface area contributed by atoms with Crippen molar-refractivity contribution in [2.24, 2.45) is 0 Å². The molecule has 144 valence electrons. The zero-order valence-electron chi connectivity index (χ0n) is 15.0. The van der Waals surface area contributed by atoms with Crippen molar-refractivity contribution in [2.45, 2.75) is 13.0 Å². The molecule has 3 N–H and O–H groups in total. The van der Waals surface area contributed by atoms with Gasteiger partial charge in [0.2, 0.25) is 5.91 Å². The van der Waals surface area contributed by atoms with Crippen LogP contribution in [0.2, 0.25) is 5.02 Å². The van der Waals surface area contributed by atoms with Crippen molar-refractivity contribution >= 4 is 29.1 Å². The summed E-state index contributed by atoms with van der Waals surface area (Å²) in [6.45, 7) is 4.27. The molecule has 0 spiro atoms. The van der Waals surface area contributed by atoms with Crippen molar-refractivity contribution in [3.8, 4) is 0 Å². The van der Waals surface area contributed by atoms with Crippen LogP contribution in [0.5, 0.6) is 0 Å². The maximum atomic E-state index is 12.2. The van der Waals surface area contributed by atoms with E-state index in [0.717, 1.165) is 44.1 Å². The Balaban J connectivity index is 1.46. The quantitative estimate of drug-likeness (QED) is 0.676. The number of aromatic amines is 1. The Labute approximate surface area is 163 Å². The molecule has 27 heavy (non-hydrogen) atoms. The number of ether oxygens (including phenoxy) is 1. The summed E-state index contributed by atoms with van der Waals surface area (Å²) in [6.07, 6.45) is 2.00. The SMILES string of the molecule is O=C(CCN1CCOCC1)Nc1cccc(CNC(=O)c2cc(Cl)c[nH]2)c1. The first-order chi connectivity index (χ1) is 13.1. The van der Waals surface area contributed by atoms with Crippen LogP contribution in [-0.2, 0) is 16.1 Å². The zero-order valence-corrected chi connectivity index (χ0v) is 15.7. The van der Waals surface area contributed by atoms with E-state index in [-0.39, 0.29) is 11.8 Å². The third kappa shape index (κ3) is 6.09. The van der Waals surface area contributed by atoms with Crippen LogP contribution < -0.4 is 10.6 Å². The fourth-order valence-electron chi connectivity index (χ4n) is 2.84. The van der Waals surface area contributed by atoms with Gasteiger partial charge in [0.05, 0.1) is 18.2 Å². The van der Waals surface area contributed by atoms with Crippen molar-refractivity contribution in [3.63, 3.8) is 0 Å². The maximum Gasteiger partial charge on any atom is 0.268 e. The molecule has 2 heterocycles. The number of nitrogens with one attached hydrogen (secondary N) is 3. The average Bonchev–Trinajstić information content (AvgIpc) is 3.12. The summed E-state index contributed by atoms with van der Waals surface area (Å²) in [5.74, 6) is -0.259. The molecule has 0 saturated carbocycles. The van der Waals surface area contributed by atoms with Crippen LogP contribution in [0.1, 0.15) is 22.5 Å². The fraction of sp³-hybridized carbons (Fsp3) is 0.368. The van der Waals surface area contributed by atoms with E-state index in [1.807, 2.05) is 24.3 Å². The van der Waals surface area contributed by atoms with E-state index >= 15 is 0 Å². The Bertz CT molecular complexity index is 787. The van der Waals surface area contributed by atoms with Crippen molar-refractivity contribution in [1.29, 1.82) is 0 Å². The van der Waals surface area contributed by atoms with Gasteiger partial charge in [-0.25, -0.2) is 0 Å². The molecule has 1 aromatic carbocycles. The van der Waals surface area contributed by atoms with Gasteiger partial charge in [-0.3, -0.25) is 14.5 Å². The van der Waals surface area contributed by atoms with Gasteiger partial charge in [-0.1, -0.05) is 23.7 Å². The Morgan fingerprint density at radius 3 is 2.78 bits per heavy atom. The first-order valence-electron chi connectivity index (χ1n) is 8.91. The van der Waals surface area contributed by atoms with Gasteiger partial charge in [-0.05, 0) is 23.8 Å². The number of anilines is 1. The Kier molecular flexibility index (Phi) is 6.86. The van der Waals surface area contributed by atoms with Crippen molar-refractivity contribution in [3.05, 3.63) is 52.8 Å². The number of hydrogen-bond acceptors (Lipinski definition) is 4. The largest absolute Gasteiger partial charge is 0.379 e. The number of benzene rings is 1. The van der Waals surface area contributed by atoms with E-state index in [0.29, 0.717) is 23.7 Å². The highest BCUT2D eigenvalue weighted by Crippen LogP contribution is 2.12. The minimum absolute atomic E-state index is 0.0243. The van der Waals surface area contributed by atoms with Crippen LogP contribution in [0, 0.1) is 0 Å². The van der Waals surface area contributed by atoms with Crippen LogP contribution >= 0.6 is 11.6 Å². The van der Waals surface area contributed by atoms with E-state index in [2.05, 4.69) is 20.5 Å². The number of morpholine rings is 1. The third-order valence-electron chi connectivity index (χ3n) is 4.32. The molecule has 0 bridgehead atoms. The molecule has 2 amide bonds. The molecule has 0 unspecified atom stereocenters. The van der Waals surface area contributed by atoms with Gasteiger partial charge in [0, 0.05) is 44.5 Å². The molecular formula is C19H23ClN4O3. The number of rotatable bonds is 7. The van der Waals surface area contributed by atoms with Crippen molar-refractivity contribution in [1.82, 2.24) is 15.2 Å². The molecule has 3 rings (SSSR count). The molecule has 1 aromatic heterocycles. The van der Waals surface area contributed by atoms with Crippen LogP contribution in [0.4, 0.5) is 5.69 Å². The highest BCUT2D eigenvalue weighted by molar-refractivity contribution is 6.30. The second kappa shape index (κ2) is 9.55. The lowest BCUT2D eigenvalue weighted by Crippen LogP contribution is -2.38. The lowest BCUT2D eigenvalue weighted by atomic mass is 10.2. The number of carbonyl (C=O) groups excluding carboxylic acids is 2. The first kappa shape index (κ1) is 19.4. The van der Waals surface area contributed by atoms with Gasteiger partial charge < -0.3 is 20.4 Å². The molecule has 0 aliphatic carbocycles. The van der Waals surface area contributed by atoms with Crippen LogP contribution in [0.25, 0.3) is 0 Å². The highest BCUT2D eigenvalue weighted by Gasteiger charge is 2.12. The van der Waals surface area contributed by atoms with Gasteiger partial charge in [0.15, 0.2) is 0 Å². The number of amides is 2. The number of halogens is 1. The predicted octanol–water partition coefficient (Wildman–Crippen LogP) is 2.26. The van der Waals surface area contributed by atoms with E-state index in [4.69, 9.17) is 16.3 Å². The molecule has 1 saturated heterocycles.